The number of piperidine rings is 2. The molecule has 4 bridgehead atoms. The van der Waals surface area contributed by atoms with Crippen LogP contribution in [0.5, 0.6) is 0 Å². The van der Waals surface area contributed by atoms with Crippen LogP contribution >= 0.6 is 0 Å². The summed E-state index contributed by atoms with van der Waals surface area (Å²) in [5.41, 5.74) is -9.03. The van der Waals surface area contributed by atoms with Crippen molar-refractivity contribution in [1.29, 1.82) is 0 Å². The molecule has 3 saturated heterocycles. The van der Waals surface area contributed by atoms with Crippen LogP contribution in [0.3, 0.4) is 0 Å². The van der Waals surface area contributed by atoms with Gasteiger partial charge in [0.25, 0.3) is 0 Å². The molecule has 4 saturated carbocycles. The highest BCUT2D eigenvalue weighted by Gasteiger charge is 2.90. The number of nitrogens with zero attached hydrogens (tertiary/aromatic N) is 1. The van der Waals surface area contributed by atoms with Gasteiger partial charge >= 0.3 is 23.9 Å². The highest BCUT2D eigenvalue weighted by atomic mass is 16.7. The zero-order valence-corrected chi connectivity index (χ0v) is 34.5. The average Bonchev–Trinajstić information content (AvgIpc) is 3.40. The van der Waals surface area contributed by atoms with Crippen molar-refractivity contribution in [3.8, 4) is 0 Å². The zero-order chi connectivity index (χ0) is 42.2. The van der Waals surface area contributed by atoms with Gasteiger partial charge in [0.05, 0.1) is 41.2 Å². The van der Waals surface area contributed by atoms with Crippen molar-refractivity contribution in [1.82, 2.24) is 4.90 Å². The Morgan fingerprint density at radius 2 is 1.54 bits per heavy atom. The molecule has 322 valence electrons. The predicted molar refractivity (Wildman–Crippen MR) is 196 cm³/mol. The summed E-state index contributed by atoms with van der Waals surface area (Å²) >= 11 is 0. The first-order valence-corrected chi connectivity index (χ1v) is 20.8. The van der Waals surface area contributed by atoms with Gasteiger partial charge < -0.3 is 54.3 Å². The summed E-state index contributed by atoms with van der Waals surface area (Å²) in [6.45, 7) is 14.7. The summed E-state index contributed by atoms with van der Waals surface area (Å²) < 4.78 is 31.1. The van der Waals surface area contributed by atoms with Crippen LogP contribution < -0.4 is 0 Å². The average molecular weight is 810 g/mol. The van der Waals surface area contributed by atoms with E-state index >= 15 is 0 Å². The number of carbonyl (C=O) groups excluding carboxylic acids is 4. The van der Waals surface area contributed by atoms with Crippen LogP contribution in [0.1, 0.15) is 101 Å². The second-order valence-electron chi connectivity index (χ2n) is 19.4. The SMILES string of the molecule is CC[C@H](C)C(=O)O[C@H]1[C@@H](O)[C@@H]2[C@H](CN3C[C@H](C)CC[C@H]3[C@]2(C)O)[C@@H]2C[C@]34O[C@]5(O)[C@@H](OC(=O)[C@](C)(O)[C@@H](C)O)CC[C@@]3(C)[C@@H]5[C@@H](OC(C)=O)[C@H](OC(C)=O)[C@H]4[C@@]21O. The van der Waals surface area contributed by atoms with Gasteiger partial charge in [0.15, 0.2) is 17.8 Å². The van der Waals surface area contributed by atoms with Gasteiger partial charge in [0.2, 0.25) is 5.79 Å². The van der Waals surface area contributed by atoms with Crippen LogP contribution in [0.25, 0.3) is 0 Å². The van der Waals surface area contributed by atoms with Crippen LogP contribution in [0.4, 0.5) is 0 Å². The van der Waals surface area contributed by atoms with Crippen LogP contribution in [0.2, 0.25) is 0 Å². The lowest BCUT2D eigenvalue weighted by molar-refractivity contribution is -0.301. The van der Waals surface area contributed by atoms with Crippen LogP contribution in [0, 0.1) is 46.8 Å². The topological polar surface area (TPSA) is 239 Å². The van der Waals surface area contributed by atoms with Gasteiger partial charge in [-0.05, 0) is 77.0 Å². The number of rotatable bonds is 8. The van der Waals surface area contributed by atoms with E-state index in [1.165, 1.54) is 6.92 Å². The third-order valence-electron chi connectivity index (χ3n) is 16.1. The lowest BCUT2D eigenvalue weighted by Gasteiger charge is -2.64. The molecule has 57 heavy (non-hydrogen) atoms. The second-order valence-corrected chi connectivity index (χ2v) is 19.4. The maximum atomic E-state index is 13.9. The molecule has 16 nitrogen and oxygen atoms in total. The Kier molecular flexibility index (Phi) is 10.3. The molecule has 0 unspecified atom stereocenters. The fraction of sp³-hybridized carbons (Fsp3) is 0.902. The van der Waals surface area contributed by atoms with E-state index in [-0.39, 0.29) is 25.3 Å². The first-order chi connectivity index (χ1) is 26.3. The van der Waals surface area contributed by atoms with Crippen molar-refractivity contribution in [2.24, 2.45) is 46.8 Å². The van der Waals surface area contributed by atoms with Gasteiger partial charge in [-0.2, -0.15) is 0 Å². The third-order valence-corrected chi connectivity index (χ3v) is 16.1. The molecule has 3 heterocycles. The summed E-state index contributed by atoms with van der Waals surface area (Å²) in [5.74, 6) is -11.5. The monoisotopic (exact) mass is 809 g/mol. The van der Waals surface area contributed by atoms with E-state index in [0.717, 1.165) is 27.2 Å². The van der Waals surface area contributed by atoms with Crippen LogP contribution in [-0.4, -0.2) is 143 Å². The highest BCUT2D eigenvalue weighted by molar-refractivity contribution is 5.79. The maximum absolute atomic E-state index is 13.9. The van der Waals surface area contributed by atoms with E-state index in [1.54, 1.807) is 20.8 Å². The minimum absolute atomic E-state index is 0.0170. The van der Waals surface area contributed by atoms with Gasteiger partial charge in [-0.25, -0.2) is 4.79 Å². The molecule has 0 aromatic heterocycles. The lowest BCUT2D eigenvalue weighted by Crippen LogP contribution is -2.78. The second kappa shape index (κ2) is 13.8. The molecule has 0 aromatic rings. The predicted octanol–water partition coefficient (Wildman–Crippen LogP) is 0.578. The molecule has 4 aliphatic carbocycles. The summed E-state index contributed by atoms with van der Waals surface area (Å²) in [6.07, 6.45) is -7.41. The van der Waals surface area contributed by atoms with Crippen molar-refractivity contribution in [3.63, 3.8) is 0 Å². The minimum Gasteiger partial charge on any atom is -0.458 e. The summed E-state index contributed by atoms with van der Waals surface area (Å²) in [6, 6.07) is -0.329. The van der Waals surface area contributed by atoms with Gasteiger partial charge in [0.1, 0.15) is 17.8 Å². The number of carbonyl (C=O) groups is 4. The number of esters is 4. The summed E-state index contributed by atoms with van der Waals surface area (Å²) in [5, 5.41) is 73.2. The Morgan fingerprint density at radius 1 is 0.930 bits per heavy atom. The van der Waals surface area contributed by atoms with E-state index in [2.05, 4.69) is 11.8 Å². The smallest absolute Gasteiger partial charge is 0.341 e. The van der Waals surface area contributed by atoms with E-state index in [1.807, 2.05) is 6.92 Å². The number of fused-ring (bicyclic) bond motifs is 5. The minimum atomic E-state index is -2.47. The van der Waals surface area contributed by atoms with Gasteiger partial charge in [0, 0.05) is 44.3 Å². The molecule has 1 spiro atoms. The van der Waals surface area contributed by atoms with Gasteiger partial charge in [-0.15, -0.1) is 0 Å². The standard InChI is InChI=1S/C41H63NO15/c1-10-19(3)34(47)56-33-28(46)27-23(17-42-16-18(2)11-12-25(42)38(27,9)50)24-15-39-32(40(24,33)51)30(54-22(6)45)29(53-21(5)44)31-36(39,7)14-13-26(41(31,52)57-39)55-35(48)37(8,49)20(4)43/h18-20,23-33,43,46,49-52H,10-17H2,1-9H3/t18-,19+,20-,23-,24+,25+,26+,27+,28+,29+,30+,31+,32-,33+,36+,37-,38+,39-,40+,41-/m1/s1. The normalized spacial score (nSPS) is 50.4. The molecule has 0 aromatic carbocycles. The Morgan fingerprint density at radius 3 is 2.12 bits per heavy atom. The number of ether oxygens (including phenoxy) is 5. The molecule has 7 rings (SSSR count). The largest absolute Gasteiger partial charge is 0.458 e. The molecule has 6 N–H and O–H groups in total. The molecule has 7 fully saturated rings. The van der Waals surface area contributed by atoms with Crippen LogP contribution in [0.15, 0.2) is 0 Å². The number of hydrogen-bond donors (Lipinski definition) is 6. The maximum Gasteiger partial charge on any atom is 0.341 e. The highest BCUT2D eigenvalue weighted by Crippen LogP contribution is 2.78. The fourth-order valence-electron chi connectivity index (χ4n) is 13.1. The van der Waals surface area contributed by atoms with Crippen molar-refractivity contribution in [3.05, 3.63) is 0 Å². The van der Waals surface area contributed by atoms with Crippen molar-refractivity contribution >= 4 is 23.9 Å². The van der Waals surface area contributed by atoms with Crippen molar-refractivity contribution < 1.29 is 73.5 Å². The zero-order valence-electron chi connectivity index (χ0n) is 34.5. The van der Waals surface area contributed by atoms with Gasteiger partial charge in [-0.1, -0.05) is 27.7 Å². The molecule has 20 atom stereocenters. The Labute approximate surface area is 333 Å². The number of aliphatic hydroxyl groups is 6. The lowest BCUT2D eigenvalue weighted by atomic mass is 9.48. The van der Waals surface area contributed by atoms with Gasteiger partial charge in [-0.3, -0.25) is 19.3 Å². The molecule has 0 amide bonds. The molecule has 0 radical (unpaired) electrons. The number of aliphatic hydroxyl groups excluding tert-OH is 2. The Hall–Kier alpha value is -2.44. The first kappa shape index (κ1) is 42.7. The first-order valence-electron chi connectivity index (χ1n) is 20.8. The molecule has 7 aliphatic rings. The fourth-order valence-corrected chi connectivity index (χ4v) is 13.1. The molecule has 16 heteroatoms. The van der Waals surface area contributed by atoms with Crippen molar-refractivity contribution in [2.45, 2.75) is 172 Å². The quantitative estimate of drug-likeness (QED) is 0.145. The Balaban J connectivity index is 1.45. The number of hydrogen-bond acceptors (Lipinski definition) is 16. The molecular formula is C41H63NO15. The van der Waals surface area contributed by atoms with E-state index < -0.39 is 130 Å². The van der Waals surface area contributed by atoms with E-state index in [4.69, 9.17) is 23.7 Å². The molecule has 3 aliphatic heterocycles. The van der Waals surface area contributed by atoms with Crippen LogP contribution in [-0.2, 0) is 42.9 Å². The summed E-state index contributed by atoms with van der Waals surface area (Å²) in [7, 11) is 0. The Bertz CT molecular complexity index is 1650. The third kappa shape index (κ3) is 5.81. The van der Waals surface area contributed by atoms with Crippen molar-refractivity contribution in [2.75, 3.05) is 13.1 Å². The summed E-state index contributed by atoms with van der Waals surface area (Å²) in [4.78, 5) is 55.6. The van der Waals surface area contributed by atoms with E-state index in [9.17, 15) is 49.8 Å². The van der Waals surface area contributed by atoms with E-state index in [0.29, 0.717) is 31.8 Å². The molecular weight excluding hydrogens is 746 g/mol.